The Labute approximate surface area is 75.6 Å². The van der Waals surface area contributed by atoms with Gasteiger partial charge in [-0.3, -0.25) is 9.05 Å². The SMILES string of the molecule is OP(OC(F)C(F)F)OC(F)C(F)F. The molecule has 14 heavy (non-hydrogen) atoms. The summed E-state index contributed by atoms with van der Waals surface area (Å²) in [7, 11) is -3.43. The Kier molecular flexibility index (Phi) is 6.34. The van der Waals surface area contributed by atoms with Gasteiger partial charge in [-0.25, -0.2) is 26.3 Å². The van der Waals surface area contributed by atoms with Crippen LogP contribution in [-0.2, 0) is 9.05 Å². The van der Waals surface area contributed by atoms with Crippen molar-refractivity contribution in [3.63, 3.8) is 0 Å². The van der Waals surface area contributed by atoms with E-state index in [4.69, 9.17) is 4.89 Å². The summed E-state index contributed by atoms with van der Waals surface area (Å²) >= 11 is 0. The van der Waals surface area contributed by atoms with Gasteiger partial charge in [-0.15, -0.1) is 0 Å². The van der Waals surface area contributed by atoms with Crippen molar-refractivity contribution in [3.8, 4) is 0 Å². The summed E-state index contributed by atoms with van der Waals surface area (Å²) in [6.45, 7) is 0. The second kappa shape index (κ2) is 6.39. The second-order valence-electron chi connectivity index (χ2n) is 1.82. The molecular weight excluding hydrogens is 241 g/mol. The quantitative estimate of drug-likeness (QED) is 0.577. The average Bonchev–Trinajstić information content (AvgIpc) is 2.03. The summed E-state index contributed by atoms with van der Waals surface area (Å²) in [5.74, 6) is 0. The molecule has 0 aromatic heterocycles. The molecule has 0 spiro atoms. The molecule has 0 radical (unpaired) electrons. The third-order valence-electron chi connectivity index (χ3n) is 0.778. The monoisotopic (exact) mass is 246 g/mol. The van der Waals surface area contributed by atoms with Crippen LogP contribution in [0.15, 0.2) is 0 Å². The normalized spacial score (nSPS) is 18.6. The third-order valence-corrected chi connectivity index (χ3v) is 1.54. The highest BCUT2D eigenvalue weighted by molar-refractivity contribution is 7.40. The van der Waals surface area contributed by atoms with E-state index >= 15 is 0 Å². The van der Waals surface area contributed by atoms with Gasteiger partial charge in [-0.1, -0.05) is 0 Å². The van der Waals surface area contributed by atoms with Crippen LogP contribution in [0.3, 0.4) is 0 Å². The molecule has 2 atom stereocenters. The Bertz CT molecular complexity index is 144. The molecule has 0 rings (SSSR count). The van der Waals surface area contributed by atoms with Crippen LogP contribution in [0.1, 0.15) is 0 Å². The first-order valence-electron chi connectivity index (χ1n) is 3.01. The minimum absolute atomic E-state index is 3.21. The van der Waals surface area contributed by atoms with E-state index < -0.39 is 34.2 Å². The lowest BCUT2D eigenvalue weighted by Crippen LogP contribution is -2.18. The van der Waals surface area contributed by atoms with Gasteiger partial charge in [0.25, 0.3) is 25.6 Å². The van der Waals surface area contributed by atoms with E-state index in [-0.39, 0.29) is 0 Å². The van der Waals surface area contributed by atoms with E-state index in [9.17, 15) is 26.3 Å². The summed E-state index contributed by atoms with van der Waals surface area (Å²) in [5, 5.41) is 0. The predicted octanol–water partition coefficient (Wildman–Crippen LogP) is 2.36. The molecule has 0 aromatic rings. The standard InChI is InChI=1S/C4H5F6O3P/c5-1(6)3(9)12-14(11)13-4(10)2(7)8/h1-4,11H. The molecule has 0 heterocycles. The molecule has 86 valence electrons. The van der Waals surface area contributed by atoms with Crippen molar-refractivity contribution < 1.29 is 40.3 Å². The van der Waals surface area contributed by atoms with Gasteiger partial charge in [0.2, 0.25) is 0 Å². The lowest BCUT2D eigenvalue weighted by molar-refractivity contribution is -0.104. The molecule has 1 N–H and O–H groups in total. The van der Waals surface area contributed by atoms with Gasteiger partial charge in [0.1, 0.15) is 0 Å². The molecule has 0 aromatic carbocycles. The smallest absolute Gasteiger partial charge is 0.328 e. The van der Waals surface area contributed by atoms with E-state index in [1.807, 2.05) is 0 Å². The maximum atomic E-state index is 11.9. The van der Waals surface area contributed by atoms with Crippen LogP contribution < -0.4 is 0 Å². The van der Waals surface area contributed by atoms with Crippen molar-refractivity contribution in [2.45, 2.75) is 25.6 Å². The first-order valence-corrected chi connectivity index (χ1v) is 4.14. The Morgan fingerprint density at radius 1 is 0.786 bits per heavy atom. The highest BCUT2D eigenvalue weighted by Crippen LogP contribution is 2.39. The third kappa shape index (κ3) is 5.58. The fourth-order valence-corrected chi connectivity index (χ4v) is 0.867. The maximum absolute atomic E-state index is 11.9. The Hall–Kier alpha value is -0.110. The number of hydrogen-bond donors (Lipinski definition) is 1. The summed E-state index contributed by atoms with van der Waals surface area (Å²) in [5.41, 5.74) is 0. The molecule has 0 aliphatic heterocycles. The lowest BCUT2D eigenvalue weighted by Gasteiger charge is -2.15. The first-order chi connectivity index (χ1) is 6.34. The van der Waals surface area contributed by atoms with Crippen LogP contribution in [0.4, 0.5) is 26.3 Å². The van der Waals surface area contributed by atoms with E-state index in [0.717, 1.165) is 0 Å². The van der Waals surface area contributed by atoms with E-state index in [1.54, 1.807) is 0 Å². The van der Waals surface area contributed by atoms with Crippen molar-refractivity contribution in [1.29, 1.82) is 0 Å². The molecule has 0 fully saturated rings. The van der Waals surface area contributed by atoms with Crippen molar-refractivity contribution in [2.24, 2.45) is 0 Å². The molecule has 0 bridgehead atoms. The van der Waals surface area contributed by atoms with Crippen molar-refractivity contribution in [3.05, 3.63) is 0 Å². The number of rotatable bonds is 6. The Balaban J connectivity index is 3.80. The van der Waals surface area contributed by atoms with Crippen LogP contribution in [0.5, 0.6) is 0 Å². The maximum Gasteiger partial charge on any atom is 0.335 e. The largest absolute Gasteiger partial charge is 0.335 e. The molecule has 0 amide bonds. The average molecular weight is 246 g/mol. The van der Waals surface area contributed by atoms with E-state index in [1.165, 1.54) is 0 Å². The molecule has 10 heteroatoms. The number of hydrogen-bond acceptors (Lipinski definition) is 3. The topological polar surface area (TPSA) is 38.7 Å². The van der Waals surface area contributed by atoms with E-state index in [2.05, 4.69) is 9.05 Å². The molecule has 0 aliphatic rings. The molecule has 3 nitrogen and oxygen atoms in total. The molecule has 0 saturated carbocycles. The zero-order valence-electron chi connectivity index (χ0n) is 6.29. The molecule has 2 unspecified atom stereocenters. The predicted molar refractivity (Wildman–Crippen MR) is 33.1 cm³/mol. The second-order valence-corrected chi connectivity index (χ2v) is 2.72. The van der Waals surface area contributed by atoms with Crippen molar-refractivity contribution in [2.75, 3.05) is 0 Å². The van der Waals surface area contributed by atoms with Crippen LogP contribution in [0.25, 0.3) is 0 Å². The van der Waals surface area contributed by atoms with Gasteiger partial charge >= 0.3 is 8.60 Å². The van der Waals surface area contributed by atoms with E-state index in [0.29, 0.717) is 0 Å². The van der Waals surface area contributed by atoms with Crippen LogP contribution >= 0.6 is 8.60 Å². The van der Waals surface area contributed by atoms with Gasteiger partial charge in [0.15, 0.2) is 0 Å². The fourth-order valence-electron chi connectivity index (χ4n) is 0.289. The minimum Gasteiger partial charge on any atom is -0.328 e. The van der Waals surface area contributed by atoms with Crippen molar-refractivity contribution in [1.82, 2.24) is 0 Å². The van der Waals surface area contributed by atoms with Gasteiger partial charge < -0.3 is 4.89 Å². The zero-order chi connectivity index (χ0) is 11.3. The molecule has 0 aliphatic carbocycles. The summed E-state index contributed by atoms with van der Waals surface area (Å²) in [4.78, 5) is 8.36. The van der Waals surface area contributed by atoms with Gasteiger partial charge in [-0.2, -0.15) is 0 Å². The highest BCUT2D eigenvalue weighted by atomic mass is 31.2. The molecular formula is C4H5F6O3P. The number of halogens is 6. The Morgan fingerprint density at radius 3 is 1.29 bits per heavy atom. The zero-order valence-corrected chi connectivity index (χ0v) is 7.18. The van der Waals surface area contributed by atoms with Gasteiger partial charge in [-0.05, 0) is 0 Å². The Morgan fingerprint density at radius 2 is 1.07 bits per heavy atom. The lowest BCUT2D eigenvalue weighted by atomic mass is 10.7. The van der Waals surface area contributed by atoms with Crippen LogP contribution in [-0.4, -0.2) is 30.5 Å². The summed E-state index contributed by atoms with van der Waals surface area (Å²) < 4.78 is 76.1. The number of alkyl halides is 6. The minimum atomic E-state index is -3.58. The van der Waals surface area contributed by atoms with Gasteiger partial charge in [0.05, 0.1) is 0 Å². The molecule has 0 saturated heterocycles. The van der Waals surface area contributed by atoms with Crippen molar-refractivity contribution >= 4 is 8.60 Å². The van der Waals surface area contributed by atoms with Gasteiger partial charge in [0, 0.05) is 0 Å². The van der Waals surface area contributed by atoms with Crippen LogP contribution in [0, 0.1) is 0 Å². The summed E-state index contributed by atoms with van der Waals surface area (Å²) in [6, 6.07) is 0. The fraction of sp³-hybridized carbons (Fsp3) is 1.00. The van der Waals surface area contributed by atoms with Crippen LogP contribution in [0.2, 0.25) is 0 Å². The summed E-state index contributed by atoms with van der Waals surface area (Å²) in [6.07, 6.45) is -13.6. The first kappa shape index (κ1) is 13.9. The highest BCUT2D eigenvalue weighted by Gasteiger charge is 2.30.